The SMILES string of the molecule is CCC1(C)C(=O)CC1OCc1ccc(OC)cc1. The van der Waals surface area contributed by atoms with Gasteiger partial charge >= 0.3 is 0 Å². The van der Waals surface area contributed by atoms with Crippen molar-refractivity contribution in [3.8, 4) is 5.75 Å². The highest BCUT2D eigenvalue weighted by atomic mass is 16.5. The van der Waals surface area contributed by atoms with Crippen molar-refractivity contribution in [1.82, 2.24) is 0 Å². The molecule has 1 aliphatic rings. The third-order valence-electron chi connectivity index (χ3n) is 4.06. The Hall–Kier alpha value is -1.35. The van der Waals surface area contributed by atoms with Crippen LogP contribution in [0.4, 0.5) is 0 Å². The fourth-order valence-electron chi connectivity index (χ4n) is 2.26. The predicted octanol–water partition coefficient (Wildman–Crippen LogP) is 2.97. The van der Waals surface area contributed by atoms with Gasteiger partial charge in [0.05, 0.1) is 25.2 Å². The van der Waals surface area contributed by atoms with E-state index in [9.17, 15) is 4.79 Å². The van der Waals surface area contributed by atoms with Crippen molar-refractivity contribution in [3.63, 3.8) is 0 Å². The van der Waals surface area contributed by atoms with E-state index in [-0.39, 0.29) is 11.5 Å². The average molecular weight is 248 g/mol. The van der Waals surface area contributed by atoms with E-state index in [1.807, 2.05) is 38.1 Å². The standard InChI is InChI=1S/C15H20O3/c1-4-15(2)13(16)9-14(15)18-10-11-5-7-12(17-3)8-6-11/h5-8,14H,4,9-10H2,1-3H3. The molecule has 2 unspecified atom stereocenters. The normalized spacial score (nSPS) is 26.8. The van der Waals surface area contributed by atoms with Crippen molar-refractivity contribution in [1.29, 1.82) is 0 Å². The van der Waals surface area contributed by atoms with Crippen molar-refractivity contribution in [2.75, 3.05) is 7.11 Å². The molecule has 1 saturated carbocycles. The molecule has 18 heavy (non-hydrogen) atoms. The van der Waals surface area contributed by atoms with E-state index in [0.717, 1.165) is 17.7 Å². The smallest absolute Gasteiger partial charge is 0.143 e. The molecule has 1 aromatic rings. The van der Waals surface area contributed by atoms with Gasteiger partial charge in [-0.25, -0.2) is 0 Å². The van der Waals surface area contributed by atoms with Gasteiger partial charge in [-0.2, -0.15) is 0 Å². The number of ketones is 1. The zero-order valence-electron chi connectivity index (χ0n) is 11.2. The Kier molecular flexibility index (Phi) is 3.71. The quantitative estimate of drug-likeness (QED) is 0.803. The Balaban J connectivity index is 1.90. The molecular formula is C15H20O3. The maximum absolute atomic E-state index is 11.6. The van der Waals surface area contributed by atoms with Gasteiger partial charge in [0.15, 0.2) is 0 Å². The van der Waals surface area contributed by atoms with Gasteiger partial charge in [-0.3, -0.25) is 4.79 Å². The van der Waals surface area contributed by atoms with Crippen molar-refractivity contribution in [3.05, 3.63) is 29.8 Å². The molecule has 3 heteroatoms. The summed E-state index contributed by atoms with van der Waals surface area (Å²) < 4.78 is 11.0. The third-order valence-corrected chi connectivity index (χ3v) is 4.06. The second kappa shape index (κ2) is 5.11. The van der Waals surface area contributed by atoms with Crippen LogP contribution in [0.1, 0.15) is 32.3 Å². The summed E-state index contributed by atoms with van der Waals surface area (Å²) in [5.74, 6) is 1.17. The van der Waals surface area contributed by atoms with Crippen LogP contribution in [-0.4, -0.2) is 19.0 Å². The Bertz CT molecular complexity index is 424. The minimum absolute atomic E-state index is 0.0668. The lowest BCUT2D eigenvalue weighted by Crippen LogP contribution is -2.52. The Morgan fingerprint density at radius 1 is 1.33 bits per heavy atom. The van der Waals surface area contributed by atoms with Crippen LogP contribution in [0, 0.1) is 5.41 Å². The maximum Gasteiger partial charge on any atom is 0.143 e. The topological polar surface area (TPSA) is 35.5 Å². The van der Waals surface area contributed by atoms with Crippen LogP contribution in [0.2, 0.25) is 0 Å². The van der Waals surface area contributed by atoms with Crippen molar-refractivity contribution < 1.29 is 14.3 Å². The molecule has 1 fully saturated rings. The maximum atomic E-state index is 11.6. The molecule has 1 aliphatic carbocycles. The van der Waals surface area contributed by atoms with Gasteiger partial charge in [0.25, 0.3) is 0 Å². The monoisotopic (exact) mass is 248 g/mol. The van der Waals surface area contributed by atoms with Crippen molar-refractivity contribution >= 4 is 5.78 Å². The number of hydrogen-bond acceptors (Lipinski definition) is 3. The van der Waals surface area contributed by atoms with E-state index in [2.05, 4.69) is 0 Å². The summed E-state index contributed by atoms with van der Waals surface area (Å²) >= 11 is 0. The molecule has 0 aromatic heterocycles. The van der Waals surface area contributed by atoms with Crippen LogP contribution in [0.25, 0.3) is 0 Å². The second-order valence-electron chi connectivity index (χ2n) is 5.05. The zero-order chi connectivity index (χ0) is 13.2. The first-order valence-corrected chi connectivity index (χ1v) is 6.38. The molecule has 0 N–H and O–H groups in total. The van der Waals surface area contributed by atoms with Crippen LogP contribution in [-0.2, 0) is 16.1 Å². The van der Waals surface area contributed by atoms with E-state index in [0.29, 0.717) is 18.8 Å². The van der Waals surface area contributed by atoms with Gasteiger partial charge in [0.1, 0.15) is 11.5 Å². The number of carbonyl (C=O) groups excluding carboxylic acids is 1. The van der Waals surface area contributed by atoms with Gasteiger partial charge < -0.3 is 9.47 Å². The van der Waals surface area contributed by atoms with E-state index < -0.39 is 0 Å². The first-order valence-electron chi connectivity index (χ1n) is 6.38. The van der Waals surface area contributed by atoms with Crippen molar-refractivity contribution in [2.45, 2.75) is 39.4 Å². The lowest BCUT2D eigenvalue weighted by Gasteiger charge is -2.44. The summed E-state index contributed by atoms with van der Waals surface area (Å²) in [6, 6.07) is 7.82. The van der Waals surface area contributed by atoms with Gasteiger partial charge in [-0.1, -0.05) is 26.0 Å². The number of hydrogen-bond donors (Lipinski definition) is 0. The number of carbonyl (C=O) groups is 1. The van der Waals surface area contributed by atoms with Crippen LogP contribution in [0.3, 0.4) is 0 Å². The molecule has 0 radical (unpaired) electrons. The molecule has 0 spiro atoms. The van der Waals surface area contributed by atoms with E-state index in [1.165, 1.54) is 0 Å². The third kappa shape index (κ3) is 2.27. The number of Topliss-reactive ketones (excluding diaryl/α,β-unsaturated/α-hetero) is 1. The van der Waals surface area contributed by atoms with E-state index >= 15 is 0 Å². The molecular weight excluding hydrogens is 228 g/mol. The Morgan fingerprint density at radius 2 is 2.00 bits per heavy atom. The van der Waals surface area contributed by atoms with E-state index in [4.69, 9.17) is 9.47 Å². The zero-order valence-corrected chi connectivity index (χ0v) is 11.2. The van der Waals surface area contributed by atoms with Crippen molar-refractivity contribution in [2.24, 2.45) is 5.41 Å². The van der Waals surface area contributed by atoms with Gasteiger partial charge in [0.2, 0.25) is 0 Å². The molecule has 0 aliphatic heterocycles. The summed E-state index contributed by atoms with van der Waals surface area (Å²) in [6.45, 7) is 4.59. The number of rotatable bonds is 5. The van der Waals surface area contributed by atoms with Gasteiger partial charge in [-0.05, 0) is 24.1 Å². The molecule has 0 saturated heterocycles. The molecule has 1 aromatic carbocycles. The number of ether oxygens (including phenoxy) is 2. The Morgan fingerprint density at radius 3 is 2.50 bits per heavy atom. The van der Waals surface area contributed by atoms with Gasteiger partial charge in [0, 0.05) is 6.42 Å². The largest absolute Gasteiger partial charge is 0.497 e. The predicted molar refractivity (Wildman–Crippen MR) is 69.6 cm³/mol. The summed E-state index contributed by atoms with van der Waals surface area (Å²) in [6.07, 6.45) is 1.47. The minimum Gasteiger partial charge on any atom is -0.497 e. The lowest BCUT2D eigenvalue weighted by molar-refractivity contribution is -0.163. The van der Waals surface area contributed by atoms with Gasteiger partial charge in [-0.15, -0.1) is 0 Å². The first kappa shape index (κ1) is 13.1. The average Bonchev–Trinajstić information content (AvgIpc) is 2.42. The molecule has 2 rings (SSSR count). The fourth-order valence-corrected chi connectivity index (χ4v) is 2.26. The minimum atomic E-state index is -0.271. The molecule has 2 atom stereocenters. The van der Waals surface area contributed by atoms with Crippen LogP contribution in [0.5, 0.6) is 5.75 Å². The molecule has 0 amide bonds. The first-order chi connectivity index (χ1) is 8.60. The highest BCUT2D eigenvalue weighted by Gasteiger charge is 2.50. The Labute approximate surface area is 108 Å². The molecule has 3 nitrogen and oxygen atoms in total. The summed E-state index contributed by atoms with van der Waals surface area (Å²) in [4.78, 5) is 11.6. The second-order valence-corrected chi connectivity index (χ2v) is 5.05. The molecule has 98 valence electrons. The summed E-state index contributed by atoms with van der Waals surface area (Å²) in [7, 11) is 1.65. The number of benzene rings is 1. The molecule has 0 bridgehead atoms. The highest BCUT2D eigenvalue weighted by molar-refractivity contribution is 5.91. The fraction of sp³-hybridized carbons (Fsp3) is 0.533. The van der Waals surface area contributed by atoms with Crippen LogP contribution >= 0.6 is 0 Å². The highest BCUT2D eigenvalue weighted by Crippen LogP contribution is 2.42. The lowest BCUT2D eigenvalue weighted by atomic mass is 9.64. The summed E-state index contributed by atoms with van der Waals surface area (Å²) in [5.41, 5.74) is 0.834. The molecule has 0 heterocycles. The van der Waals surface area contributed by atoms with E-state index in [1.54, 1.807) is 7.11 Å². The van der Waals surface area contributed by atoms with Crippen LogP contribution < -0.4 is 4.74 Å². The number of methoxy groups -OCH3 is 1. The van der Waals surface area contributed by atoms with Crippen LogP contribution in [0.15, 0.2) is 24.3 Å². The summed E-state index contributed by atoms with van der Waals surface area (Å²) in [5, 5.41) is 0.